The lowest BCUT2D eigenvalue weighted by Gasteiger charge is -2.35. The molecule has 0 aliphatic carbocycles. The van der Waals surface area contributed by atoms with E-state index < -0.39 is 16.1 Å². The zero-order chi connectivity index (χ0) is 21.5. The quantitative estimate of drug-likeness (QED) is 0.650. The Morgan fingerprint density at radius 1 is 1.03 bits per heavy atom. The van der Waals surface area contributed by atoms with E-state index in [1.807, 2.05) is 7.05 Å². The monoisotopic (exact) mass is 436 g/mol. The lowest BCUT2D eigenvalue weighted by Crippen LogP contribution is -2.54. The number of morpholine rings is 1. The fraction of sp³-hybridized carbons (Fsp3) is 0.600. The summed E-state index contributed by atoms with van der Waals surface area (Å²) in [5.41, 5.74) is 1.34. The molecule has 0 radical (unpaired) electrons. The van der Waals surface area contributed by atoms with Crippen molar-refractivity contribution in [1.29, 1.82) is 0 Å². The predicted octanol–water partition coefficient (Wildman–Crippen LogP) is -0.241. The summed E-state index contributed by atoms with van der Waals surface area (Å²) in [5.74, 6) is -0.294. The number of anilines is 1. The minimum atomic E-state index is -3.64. The molecule has 1 atom stereocenters. The van der Waals surface area contributed by atoms with Crippen LogP contribution in [0, 0.1) is 0 Å². The Bertz CT molecular complexity index is 937. The van der Waals surface area contributed by atoms with Crippen molar-refractivity contribution in [3.05, 3.63) is 23.8 Å². The maximum Gasteiger partial charge on any atom is 0.246 e. The summed E-state index contributed by atoms with van der Waals surface area (Å²) in [5, 5.41) is 0. The van der Waals surface area contributed by atoms with Crippen LogP contribution in [0.15, 0.2) is 23.1 Å². The molecule has 3 heterocycles. The number of carbonyl (C=O) groups excluding carboxylic acids is 2. The van der Waals surface area contributed by atoms with E-state index in [9.17, 15) is 18.0 Å². The van der Waals surface area contributed by atoms with Crippen LogP contribution in [-0.4, -0.2) is 99.9 Å². The molecule has 9 nitrogen and oxygen atoms in total. The molecule has 4 rings (SSSR count). The highest BCUT2D eigenvalue weighted by Crippen LogP contribution is 2.35. The number of nitrogens with zero attached hydrogens (tertiary/aromatic N) is 4. The van der Waals surface area contributed by atoms with Crippen LogP contribution in [0.25, 0.3) is 0 Å². The first kappa shape index (κ1) is 21.2. The van der Waals surface area contributed by atoms with Crippen molar-refractivity contribution in [1.82, 2.24) is 14.1 Å². The lowest BCUT2D eigenvalue weighted by atomic mass is 10.1. The van der Waals surface area contributed by atoms with Gasteiger partial charge in [0, 0.05) is 58.3 Å². The van der Waals surface area contributed by atoms with Crippen LogP contribution in [0.4, 0.5) is 5.69 Å². The minimum Gasteiger partial charge on any atom is -0.379 e. The number of ether oxygens (including phenoxy) is 1. The number of hydrogen-bond acceptors (Lipinski definition) is 6. The van der Waals surface area contributed by atoms with Crippen LogP contribution < -0.4 is 4.90 Å². The lowest BCUT2D eigenvalue weighted by molar-refractivity contribution is -0.135. The Balaban J connectivity index is 1.60. The molecule has 3 aliphatic rings. The third kappa shape index (κ3) is 3.84. The van der Waals surface area contributed by atoms with E-state index in [0.717, 1.165) is 13.1 Å². The summed E-state index contributed by atoms with van der Waals surface area (Å²) >= 11 is 0. The standard InChI is InChI=1S/C20H28N4O5S/c1-15(25)24-18-4-3-17(30(27,28)23-9-11-29-12-10-23)13-16(18)14-19(24)20(26)22-7-5-21(2)6-8-22/h3-4,13,19H,5-12,14H2,1-2H3/t19-/m0/s1. The molecule has 0 aromatic heterocycles. The SMILES string of the molecule is CC(=O)N1c2ccc(S(=O)(=O)N3CCOCC3)cc2C[C@H]1C(=O)N1CCN(C)CC1. The van der Waals surface area contributed by atoms with Crippen molar-refractivity contribution in [2.45, 2.75) is 24.3 Å². The summed E-state index contributed by atoms with van der Waals surface area (Å²) in [6.07, 6.45) is 0.326. The molecule has 0 N–H and O–H groups in total. The van der Waals surface area contributed by atoms with E-state index in [4.69, 9.17) is 4.74 Å². The van der Waals surface area contributed by atoms with E-state index >= 15 is 0 Å². The number of hydrogen-bond donors (Lipinski definition) is 0. The fourth-order valence-corrected chi connectivity index (χ4v) is 5.81. The van der Waals surface area contributed by atoms with Gasteiger partial charge in [-0.15, -0.1) is 0 Å². The predicted molar refractivity (Wildman–Crippen MR) is 111 cm³/mol. The molecule has 3 aliphatic heterocycles. The van der Waals surface area contributed by atoms with E-state index in [-0.39, 0.29) is 16.7 Å². The van der Waals surface area contributed by atoms with Gasteiger partial charge in [-0.05, 0) is 30.8 Å². The van der Waals surface area contributed by atoms with Gasteiger partial charge >= 0.3 is 0 Å². The summed E-state index contributed by atoms with van der Waals surface area (Å²) in [6.45, 7) is 5.70. The largest absolute Gasteiger partial charge is 0.379 e. The van der Waals surface area contributed by atoms with Gasteiger partial charge in [0.1, 0.15) is 6.04 Å². The Labute approximate surface area is 177 Å². The molecule has 164 valence electrons. The first-order chi connectivity index (χ1) is 14.3. The average molecular weight is 437 g/mol. The van der Waals surface area contributed by atoms with Gasteiger partial charge in [-0.1, -0.05) is 0 Å². The van der Waals surface area contributed by atoms with Gasteiger partial charge in [0.05, 0.1) is 18.1 Å². The highest BCUT2D eigenvalue weighted by atomic mass is 32.2. The Kier molecular flexibility index (Phi) is 5.84. The summed E-state index contributed by atoms with van der Waals surface area (Å²) in [6, 6.07) is 4.18. The van der Waals surface area contributed by atoms with Crippen LogP contribution in [0.5, 0.6) is 0 Å². The molecule has 2 saturated heterocycles. The first-order valence-electron chi connectivity index (χ1n) is 10.3. The van der Waals surface area contributed by atoms with Gasteiger partial charge in [0.15, 0.2) is 0 Å². The second-order valence-corrected chi connectivity index (χ2v) is 9.98. The average Bonchev–Trinajstić information content (AvgIpc) is 3.13. The van der Waals surface area contributed by atoms with E-state index in [1.54, 1.807) is 17.0 Å². The number of carbonyl (C=O) groups is 2. The number of benzene rings is 1. The first-order valence-corrected chi connectivity index (χ1v) is 11.7. The fourth-order valence-electron chi connectivity index (χ4n) is 4.35. The third-order valence-electron chi connectivity index (χ3n) is 6.08. The van der Waals surface area contributed by atoms with Gasteiger partial charge in [-0.25, -0.2) is 8.42 Å². The second-order valence-electron chi connectivity index (χ2n) is 8.04. The van der Waals surface area contributed by atoms with Crippen LogP contribution in [0.2, 0.25) is 0 Å². The smallest absolute Gasteiger partial charge is 0.246 e. The van der Waals surface area contributed by atoms with Gasteiger partial charge in [0.2, 0.25) is 21.8 Å². The van der Waals surface area contributed by atoms with Crippen LogP contribution in [0.3, 0.4) is 0 Å². The van der Waals surface area contributed by atoms with Crippen molar-refractivity contribution in [2.24, 2.45) is 0 Å². The van der Waals surface area contributed by atoms with E-state index in [1.165, 1.54) is 22.2 Å². The Hall–Kier alpha value is -2.01. The highest BCUT2D eigenvalue weighted by molar-refractivity contribution is 7.89. The van der Waals surface area contributed by atoms with Gasteiger partial charge in [0.25, 0.3) is 0 Å². The van der Waals surface area contributed by atoms with Gasteiger partial charge < -0.3 is 14.5 Å². The molecule has 0 unspecified atom stereocenters. The molecule has 10 heteroatoms. The molecule has 0 spiro atoms. The topological polar surface area (TPSA) is 90.5 Å². The Morgan fingerprint density at radius 2 is 1.70 bits per heavy atom. The molecule has 2 amide bonds. The van der Waals surface area contributed by atoms with E-state index in [2.05, 4.69) is 4.90 Å². The Morgan fingerprint density at radius 3 is 2.33 bits per heavy atom. The summed E-state index contributed by atoms with van der Waals surface area (Å²) in [7, 11) is -1.62. The zero-order valence-corrected chi connectivity index (χ0v) is 18.2. The van der Waals surface area contributed by atoms with Crippen LogP contribution >= 0.6 is 0 Å². The van der Waals surface area contributed by atoms with E-state index in [0.29, 0.717) is 57.1 Å². The number of fused-ring (bicyclic) bond motifs is 1. The molecule has 2 fully saturated rings. The van der Waals surface area contributed by atoms with Crippen LogP contribution in [0.1, 0.15) is 12.5 Å². The minimum absolute atomic E-state index is 0.0768. The van der Waals surface area contributed by atoms with Gasteiger partial charge in [-0.3, -0.25) is 14.5 Å². The van der Waals surface area contributed by atoms with Crippen molar-refractivity contribution < 1.29 is 22.7 Å². The highest BCUT2D eigenvalue weighted by Gasteiger charge is 2.40. The summed E-state index contributed by atoms with van der Waals surface area (Å²) < 4.78 is 32.7. The van der Waals surface area contributed by atoms with Gasteiger partial charge in [-0.2, -0.15) is 4.31 Å². The second kappa shape index (κ2) is 8.26. The number of amides is 2. The number of likely N-dealkylation sites (N-methyl/N-ethyl adjacent to an activating group) is 1. The third-order valence-corrected chi connectivity index (χ3v) is 7.98. The van der Waals surface area contributed by atoms with Crippen molar-refractivity contribution in [2.75, 3.05) is 64.4 Å². The maximum atomic E-state index is 13.2. The van der Waals surface area contributed by atoms with Crippen molar-refractivity contribution in [3.8, 4) is 0 Å². The summed E-state index contributed by atoms with van der Waals surface area (Å²) in [4.78, 5) is 31.3. The normalized spacial score (nSPS) is 23.5. The van der Waals surface area contributed by atoms with Crippen molar-refractivity contribution in [3.63, 3.8) is 0 Å². The maximum absolute atomic E-state index is 13.2. The molecule has 1 aromatic rings. The van der Waals surface area contributed by atoms with Crippen molar-refractivity contribution >= 4 is 27.5 Å². The number of sulfonamides is 1. The zero-order valence-electron chi connectivity index (χ0n) is 17.4. The molecule has 0 saturated carbocycles. The molecular weight excluding hydrogens is 408 g/mol. The molecule has 0 bridgehead atoms. The molecular formula is C20H28N4O5S. The number of rotatable bonds is 3. The number of piperazine rings is 1. The molecule has 30 heavy (non-hydrogen) atoms. The van der Waals surface area contributed by atoms with Crippen LogP contribution in [-0.2, 0) is 30.8 Å². The molecule has 1 aromatic carbocycles.